The van der Waals surface area contributed by atoms with Crippen LogP contribution < -0.4 is 5.32 Å². The first-order chi connectivity index (χ1) is 8.81. The minimum absolute atomic E-state index is 0.604. The SMILES string of the molecule is Cc1ccc(-c2nc(CC3CCCCN3)cs2)o1. The van der Waals surface area contributed by atoms with Crippen molar-refractivity contribution >= 4 is 11.3 Å². The fourth-order valence-electron chi connectivity index (χ4n) is 2.41. The highest BCUT2D eigenvalue weighted by atomic mass is 32.1. The number of hydrogen-bond donors (Lipinski definition) is 1. The molecular weight excluding hydrogens is 244 g/mol. The predicted molar refractivity (Wildman–Crippen MR) is 73.9 cm³/mol. The van der Waals surface area contributed by atoms with Crippen molar-refractivity contribution in [2.75, 3.05) is 6.54 Å². The quantitative estimate of drug-likeness (QED) is 0.921. The Balaban J connectivity index is 1.69. The Morgan fingerprint density at radius 1 is 1.44 bits per heavy atom. The minimum atomic E-state index is 0.604. The van der Waals surface area contributed by atoms with Crippen molar-refractivity contribution in [3.63, 3.8) is 0 Å². The van der Waals surface area contributed by atoms with Crippen LogP contribution in [-0.4, -0.2) is 17.6 Å². The molecule has 0 bridgehead atoms. The fourth-order valence-corrected chi connectivity index (χ4v) is 3.21. The van der Waals surface area contributed by atoms with E-state index in [1.807, 2.05) is 19.1 Å². The monoisotopic (exact) mass is 262 g/mol. The molecule has 1 atom stereocenters. The number of nitrogens with one attached hydrogen (secondary N) is 1. The summed E-state index contributed by atoms with van der Waals surface area (Å²) in [6.07, 6.45) is 4.96. The molecule has 1 aliphatic heterocycles. The van der Waals surface area contributed by atoms with Crippen LogP contribution in [0.2, 0.25) is 0 Å². The third kappa shape index (κ3) is 2.65. The van der Waals surface area contributed by atoms with E-state index in [1.54, 1.807) is 11.3 Å². The summed E-state index contributed by atoms with van der Waals surface area (Å²) in [5, 5.41) is 6.71. The maximum Gasteiger partial charge on any atom is 0.162 e. The van der Waals surface area contributed by atoms with Crippen LogP contribution in [0.5, 0.6) is 0 Å². The lowest BCUT2D eigenvalue weighted by atomic mass is 10.0. The first-order valence-corrected chi connectivity index (χ1v) is 7.44. The van der Waals surface area contributed by atoms with E-state index < -0.39 is 0 Å². The van der Waals surface area contributed by atoms with E-state index in [4.69, 9.17) is 4.42 Å². The Morgan fingerprint density at radius 3 is 3.11 bits per heavy atom. The molecule has 3 rings (SSSR count). The lowest BCUT2D eigenvalue weighted by Crippen LogP contribution is -2.35. The number of furan rings is 1. The molecule has 1 saturated heterocycles. The van der Waals surface area contributed by atoms with Gasteiger partial charge in [0.15, 0.2) is 10.8 Å². The van der Waals surface area contributed by atoms with Crippen LogP contribution in [0.25, 0.3) is 10.8 Å². The Labute approximate surface area is 111 Å². The van der Waals surface area contributed by atoms with Crippen molar-refractivity contribution in [3.05, 3.63) is 29.0 Å². The highest BCUT2D eigenvalue weighted by Crippen LogP contribution is 2.26. The van der Waals surface area contributed by atoms with Crippen molar-refractivity contribution in [1.82, 2.24) is 10.3 Å². The molecule has 2 aromatic heterocycles. The summed E-state index contributed by atoms with van der Waals surface area (Å²) in [6, 6.07) is 4.59. The van der Waals surface area contributed by atoms with Crippen LogP contribution in [0.15, 0.2) is 21.9 Å². The van der Waals surface area contributed by atoms with Crippen LogP contribution in [0.3, 0.4) is 0 Å². The van der Waals surface area contributed by atoms with Gasteiger partial charge < -0.3 is 9.73 Å². The number of rotatable bonds is 3. The molecule has 1 aliphatic rings. The standard InChI is InChI=1S/C14H18N2OS/c1-10-5-6-13(17-10)14-16-12(9-18-14)8-11-4-2-3-7-15-11/h5-6,9,11,15H,2-4,7-8H2,1H3. The minimum Gasteiger partial charge on any atom is -0.459 e. The van der Waals surface area contributed by atoms with Crippen LogP contribution in [-0.2, 0) is 6.42 Å². The van der Waals surface area contributed by atoms with Crippen LogP contribution in [0.1, 0.15) is 30.7 Å². The molecule has 0 spiro atoms. The molecule has 0 amide bonds. The number of hydrogen-bond acceptors (Lipinski definition) is 4. The fraction of sp³-hybridized carbons (Fsp3) is 0.500. The Hall–Kier alpha value is -1.13. The summed E-state index contributed by atoms with van der Waals surface area (Å²) >= 11 is 1.67. The molecule has 0 radical (unpaired) electrons. The summed E-state index contributed by atoms with van der Waals surface area (Å²) in [5.41, 5.74) is 1.18. The Bertz CT molecular complexity index is 511. The maximum absolute atomic E-state index is 5.61. The molecule has 0 saturated carbocycles. The van der Waals surface area contributed by atoms with Gasteiger partial charge in [0.25, 0.3) is 0 Å². The summed E-state index contributed by atoms with van der Waals surface area (Å²) in [6.45, 7) is 3.11. The van der Waals surface area contributed by atoms with Gasteiger partial charge in [-0.05, 0) is 38.4 Å². The van der Waals surface area contributed by atoms with Crippen LogP contribution >= 0.6 is 11.3 Å². The highest BCUT2D eigenvalue weighted by molar-refractivity contribution is 7.13. The maximum atomic E-state index is 5.61. The molecule has 3 heterocycles. The van der Waals surface area contributed by atoms with Gasteiger partial charge in [0, 0.05) is 17.8 Å². The molecule has 1 fully saturated rings. The zero-order valence-corrected chi connectivity index (χ0v) is 11.4. The number of nitrogens with zero attached hydrogens (tertiary/aromatic N) is 1. The number of aromatic nitrogens is 1. The second kappa shape index (κ2) is 5.24. The van der Waals surface area contributed by atoms with E-state index in [1.165, 1.54) is 25.0 Å². The molecule has 4 heteroatoms. The van der Waals surface area contributed by atoms with E-state index in [-0.39, 0.29) is 0 Å². The Kier molecular flexibility index (Phi) is 3.48. The Morgan fingerprint density at radius 2 is 2.39 bits per heavy atom. The molecule has 0 aliphatic carbocycles. The van der Waals surface area contributed by atoms with E-state index in [9.17, 15) is 0 Å². The zero-order chi connectivity index (χ0) is 12.4. The number of aryl methyl sites for hydroxylation is 1. The van der Waals surface area contributed by atoms with Crippen molar-refractivity contribution in [1.29, 1.82) is 0 Å². The summed E-state index contributed by atoms with van der Waals surface area (Å²) in [4.78, 5) is 4.67. The van der Waals surface area contributed by atoms with Crippen LogP contribution in [0, 0.1) is 6.92 Å². The molecule has 1 unspecified atom stereocenters. The second-order valence-electron chi connectivity index (χ2n) is 4.91. The van der Waals surface area contributed by atoms with Crippen molar-refractivity contribution in [2.24, 2.45) is 0 Å². The normalized spacial score (nSPS) is 20.2. The summed E-state index contributed by atoms with van der Waals surface area (Å²) in [5.74, 6) is 1.83. The molecule has 0 aromatic carbocycles. The van der Waals surface area contributed by atoms with Gasteiger partial charge in [0.1, 0.15) is 5.76 Å². The first-order valence-electron chi connectivity index (χ1n) is 6.56. The van der Waals surface area contributed by atoms with Crippen molar-refractivity contribution < 1.29 is 4.42 Å². The lowest BCUT2D eigenvalue weighted by Gasteiger charge is -2.22. The van der Waals surface area contributed by atoms with E-state index >= 15 is 0 Å². The first kappa shape index (κ1) is 11.9. The lowest BCUT2D eigenvalue weighted by molar-refractivity contribution is 0.397. The largest absolute Gasteiger partial charge is 0.459 e. The van der Waals surface area contributed by atoms with Gasteiger partial charge in [-0.1, -0.05) is 6.42 Å². The van der Waals surface area contributed by atoms with Gasteiger partial charge in [-0.3, -0.25) is 0 Å². The van der Waals surface area contributed by atoms with Gasteiger partial charge in [0.2, 0.25) is 0 Å². The summed E-state index contributed by atoms with van der Waals surface area (Å²) < 4.78 is 5.61. The average Bonchev–Trinajstić information content (AvgIpc) is 2.99. The van der Waals surface area contributed by atoms with Gasteiger partial charge >= 0.3 is 0 Å². The van der Waals surface area contributed by atoms with Gasteiger partial charge in [-0.25, -0.2) is 4.98 Å². The molecule has 2 aromatic rings. The van der Waals surface area contributed by atoms with Crippen LogP contribution in [0.4, 0.5) is 0 Å². The van der Waals surface area contributed by atoms with Crippen molar-refractivity contribution in [3.8, 4) is 10.8 Å². The second-order valence-corrected chi connectivity index (χ2v) is 5.76. The predicted octanol–water partition coefficient (Wildman–Crippen LogP) is 3.40. The third-order valence-electron chi connectivity index (χ3n) is 3.37. The van der Waals surface area contributed by atoms with E-state index in [0.717, 1.165) is 29.5 Å². The highest BCUT2D eigenvalue weighted by Gasteiger charge is 2.15. The van der Waals surface area contributed by atoms with Crippen molar-refractivity contribution in [2.45, 2.75) is 38.6 Å². The molecule has 1 N–H and O–H groups in total. The smallest absolute Gasteiger partial charge is 0.162 e. The molecule has 18 heavy (non-hydrogen) atoms. The molecular formula is C14H18N2OS. The van der Waals surface area contributed by atoms with Gasteiger partial charge in [-0.15, -0.1) is 11.3 Å². The van der Waals surface area contributed by atoms with E-state index in [0.29, 0.717) is 6.04 Å². The zero-order valence-electron chi connectivity index (χ0n) is 10.6. The summed E-state index contributed by atoms with van der Waals surface area (Å²) in [7, 11) is 0. The van der Waals surface area contributed by atoms with Gasteiger partial charge in [-0.2, -0.15) is 0 Å². The average molecular weight is 262 g/mol. The van der Waals surface area contributed by atoms with E-state index in [2.05, 4.69) is 15.7 Å². The topological polar surface area (TPSA) is 38.1 Å². The number of piperidine rings is 1. The molecule has 3 nitrogen and oxygen atoms in total. The molecule has 96 valence electrons. The number of thiazole rings is 1. The van der Waals surface area contributed by atoms with Gasteiger partial charge in [0.05, 0.1) is 5.69 Å². The third-order valence-corrected chi connectivity index (χ3v) is 4.28.